The molecule has 2 atom stereocenters. The Kier molecular flexibility index (Phi) is 8.69. The molecular weight excluding hydrogens is 356 g/mol. The predicted octanol–water partition coefficient (Wildman–Crippen LogP) is 1.85. The summed E-state index contributed by atoms with van der Waals surface area (Å²) in [5.41, 5.74) is 1.21. The van der Waals surface area contributed by atoms with E-state index >= 15 is 0 Å². The molecule has 2 rings (SSSR count). The van der Waals surface area contributed by atoms with Gasteiger partial charge in [-0.1, -0.05) is 12.1 Å². The van der Waals surface area contributed by atoms with Crippen LogP contribution in [-0.2, 0) is 11.3 Å². The molecule has 0 aliphatic carbocycles. The summed E-state index contributed by atoms with van der Waals surface area (Å²) >= 11 is 0.842. The van der Waals surface area contributed by atoms with E-state index in [4.69, 9.17) is 14.6 Å². The Balaban J connectivity index is 1.70. The van der Waals surface area contributed by atoms with Crippen molar-refractivity contribution >= 4 is 11.9 Å². The summed E-state index contributed by atoms with van der Waals surface area (Å²) in [4.78, 5) is 9.98. The van der Waals surface area contributed by atoms with E-state index in [1.54, 1.807) is 7.11 Å². The zero-order chi connectivity index (χ0) is 18.8. The normalized spacial score (nSPS) is 20.2. The van der Waals surface area contributed by atoms with Gasteiger partial charge in [0.25, 0.3) is 6.20 Å². The van der Waals surface area contributed by atoms with Crippen molar-refractivity contribution in [1.29, 1.82) is 0 Å². The van der Waals surface area contributed by atoms with E-state index in [9.17, 15) is 10.1 Å². The standard InChI is InChI=1S/C17H26N4O4S/c1-24-15-4-2-13(3-5-15)10-19-11-14-7-9-25-16(14)6-8-20-17(26-18)12-21(22)23/h2-5,12,14,16,19-20H,6-11,18H2,1H3/b17-12-. The lowest BCUT2D eigenvalue weighted by Gasteiger charge is -2.19. The van der Waals surface area contributed by atoms with E-state index in [0.717, 1.165) is 56.4 Å². The van der Waals surface area contributed by atoms with Gasteiger partial charge in [-0.05, 0) is 48.4 Å². The molecule has 2 unspecified atom stereocenters. The smallest absolute Gasteiger partial charge is 0.265 e. The first kappa shape index (κ1) is 20.5. The van der Waals surface area contributed by atoms with Crippen LogP contribution in [0.25, 0.3) is 0 Å². The van der Waals surface area contributed by atoms with Crippen LogP contribution in [0.3, 0.4) is 0 Å². The number of nitrogens with two attached hydrogens (primary N) is 1. The Hall–Kier alpha value is -1.81. The molecule has 8 nitrogen and oxygen atoms in total. The van der Waals surface area contributed by atoms with Crippen LogP contribution in [-0.4, -0.2) is 37.8 Å². The van der Waals surface area contributed by atoms with E-state index in [0.29, 0.717) is 17.5 Å². The molecule has 0 bridgehead atoms. The van der Waals surface area contributed by atoms with E-state index in [-0.39, 0.29) is 6.10 Å². The number of rotatable bonds is 11. The van der Waals surface area contributed by atoms with E-state index in [2.05, 4.69) is 10.6 Å². The van der Waals surface area contributed by atoms with Crippen molar-refractivity contribution in [2.75, 3.05) is 26.8 Å². The highest BCUT2D eigenvalue weighted by molar-refractivity contribution is 8.00. The van der Waals surface area contributed by atoms with Crippen LogP contribution in [0.2, 0.25) is 0 Å². The molecule has 9 heteroatoms. The number of nitrogens with zero attached hydrogens (tertiary/aromatic N) is 1. The monoisotopic (exact) mass is 382 g/mol. The molecule has 1 fully saturated rings. The number of ether oxygens (including phenoxy) is 2. The van der Waals surface area contributed by atoms with Gasteiger partial charge in [0.2, 0.25) is 0 Å². The highest BCUT2D eigenvalue weighted by Crippen LogP contribution is 2.23. The van der Waals surface area contributed by atoms with Gasteiger partial charge in [0, 0.05) is 26.2 Å². The number of hydrogen-bond acceptors (Lipinski definition) is 8. The number of nitrogens with one attached hydrogen (secondary N) is 2. The third-order valence-electron chi connectivity index (χ3n) is 4.32. The lowest BCUT2D eigenvalue weighted by molar-refractivity contribution is -0.403. The Morgan fingerprint density at radius 1 is 1.50 bits per heavy atom. The second kappa shape index (κ2) is 11.0. The van der Waals surface area contributed by atoms with Crippen molar-refractivity contribution in [2.24, 2.45) is 11.1 Å². The van der Waals surface area contributed by atoms with E-state index < -0.39 is 4.92 Å². The summed E-state index contributed by atoms with van der Waals surface area (Å²) < 4.78 is 11.0. The molecule has 1 aromatic carbocycles. The molecule has 1 aliphatic rings. The molecule has 26 heavy (non-hydrogen) atoms. The summed E-state index contributed by atoms with van der Waals surface area (Å²) in [7, 11) is 1.66. The number of hydrogen-bond donors (Lipinski definition) is 3. The molecule has 0 radical (unpaired) electrons. The molecule has 1 aliphatic heterocycles. The van der Waals surface area contributed by atoms with Gasteiger partial charge >= 0.3 is 0 Å². The van der Waals surface area contributed by atoms with Crippen LogP contribution < -0.4 is 20.5 Å². The zero-order valence-electron chi connectivity index (χ0n) is 14.8. The first-order valence-corrected chi connectivity index (χ1v) is 9.41. The van der Waals surface area contributed by atoms with Crippen molar-refractivity contribution in [3.8, 4) is 5.75 Å². The minimum absolute atomic E-state index is 0.144. The second-order valence-corrected chi connectivity index (χ2v) is 6.72. The number of nitro groups is 1. The quantitative estimate of drug-likeness (QED) is 0.302. The first-order chi connectivity index (χ1) is 12.6. The maximum atomic E-state index is 10.5. The molecule has 0 spiro atoms. The van der Waals surface area contributed by atoms with Crippen LogP contribution in [0.4, 0.5) is 0 Å². The SMILES string of the molecule is COc1ccc(CNCC2CCOC2CCN/C(=C/[N+](=O)[O-])SN)cc1. The summed E-state index contributed by atoms with van der Waals surface area (Å²) in [6, 6.07) is 8.00. The van der Waals surface area contributed by atoms with Gasteiger partial charge < -0.3 is 20.1 Å². The van der Waals surface area contributed by atoms with Gasteiger partial charge in [0.1, 0.15) is 5.75 Å². The molecular formula is C17H26N4O4S. The maximum Gasteiger partial charge on any atom is 0.265 e. The third kappa shape index (κ3) is 6.83. The molecule has 1 aromatic rings. The minimum Gasteiger partial charge on any atom is -0.497 e. The van der Waals surface area contributed by atoms with E-state index in [1.807, 2.05) is 24.3 Å². The van der Waals surface area contributed by atoms with Gasteiger partial charge in [0.05, 0.1) is 18.1 Å². The fraction of sp³-hybridized carbons (Fsp3) is 0.529. The average Bonchev–Trinajstić information content (AvgIpc) is 3.08. The van der Waals surface area contributed by atoms with Crippen LogP contribution in [0.1, 0.15) is 18.4 Å². The fourth-order valence-electron chi connectivity index (χ4n) is 2.94. The minimum atomic E-state index is -0.514. The van der Waals surface area contributed by atoms with Gasteiger partial charge in [0.15, 0.2) is 5.03 Å². The highest BCUT2D eigenvalue weighted by Gasteiger charge is 2.27. The Bertz CT molecular complexity index is 597. The fourth-order valence-corrected chi connectivity index (χ4v) is 3.27. The Labute approximate surface area is 157 Å². The molecule has 0 aromatic heterocycles. The molecule has 0 saturated carbocycles. The average molecular weight is 382 g/mol. The zero-order valence-corrected chi connectivity index (χ0v) is 15.7. The highest BCUT2D eigenvalue weighted by atomic mass is 32.2. The summed E-state index contributed by atoms with van der Waals surface area (Å²) in [5, 5.41) is 22.7. The van der Waals surface area contributed by atoms with Crippen LogP contribution in [0, 0.1) is 16.0 Å². The number of methoxy groups -OCH3 is 1. The van der Waals surface area contributed by atoms with Crippen molar-refractivity contribution in [1.82, 2.24) is 10.6 Å². The van der Waals surface area contributed by atoms with Gasteiger partial charge in [-0.15, -0.1) is 0 Å². The van der Waals surface area contributed by atoms with Crippen molar-refractivity contribution < 1.29 is 14.4 Å². The predicted molar refractivity (Wildman–Crippen MR) is 102 cm³/mol. The molecule has 1 saturated heterocycles. The summed E-state index contributed by atoms with van der Waals surface area (Å²) in [6.07, 6.45) is 2.83. The Morgan fingerprint density at radius 3 is 2.92 bits per heavy atom. The van der Waals surface area contributed by atoms with Crippen molar-refractivity contribution in [3.63, 3.8) is 0 Å². The topological polar surface area (TPSA) is 112 Å². The van der Waals surface area contributed by atoms with Gasteiger partial charge in [-0.2, -0.15) is 0 Å². The lowest BCUT2D eigenvalue weighted by Crippen LogP contribution is -2.30. The first-order valence-electron chi connectivity index (χ1n) is 8.53. The van der Waals surface area contributed by atoms with Crippen LogP contribution in [0.15, 0.2) is 35.5 Å². The molecule has 144 valence electrons. The Morgan fingerprint density at radius 2 is 2.27 bits per heavy atom. The largest absolute Gasteiger partial charge is 0.497 e. The summed E-state index contributed by atoms with van der Waals surface area (Å²) in [5.74, 6) is 1.29. The third-order valence-corrected chi connectivity index (χ3v) is 4.82. The molecule has 1 heterocycles. The maximum absolute atomic E-state index is 10.5. The van der Waals surface area contributed by atoms with Crippen LogP contribution >= 0.6 is 11.9 Å². The van der Waals surface area contributed by atoms with Crippen LogP contribution in [0.5, 0.6) is 5.75 Å². The van der Waals surface area contributed by atoms with Crippen molar-refractivity contribution in [3.05, 3.63) is 51.2 Å². The van der Waals surface area contributed by atoms with Gasteiger partial charge in [-0.25, -0.2) is 0 Å². The number of benzene rings is 1. The summed E-state index contributed by atoms with van der Waals surface area (Å²) in [6.45, 7) is 3.01. The second-order valence-electron chi connectivity index (χ2n) is 6.05. The van der Waals surface area contributed by atoms with Crippen molar-refractivity contribution in [2.45, 2.75) is 25.5 Å². The lowest BCUT2D eigenvalue weighted by atomic mass is 9.99. The van der Waals surface area contributed by atoms with E-state index in [1.165, 1.54) is 5.56 Å². The molecule has 4 N–H and O–H groups in total. The van der Waals surface area contributed by atoms with Gasteiger partial charge in [-0.3, -0.25) is 15.3 Å². The molecule has 0 amide bonds.